The average molecular weight is 286 g/mol. The van der Waals surface area contributed by atoms with Crippen LogP contribution in [0.5, 0.6) is 0 Å². The summed E-state index contributed by atoms with van der Waals surface area (Å²) in [5, 5.41) is 4.14. The van der Waals surface area contributed by atoms with Gasteiger partial charge in [-0.2, -0.15) is 11.8 Å². The summed E-state index contributed by atoms with van der Waals surface area (Å²) in [6.45, 7) is 6.13. The van der Waals surface area contributed by atoms with Crippen molar-refractivity contribution in [2.24, 2.45) is 0 Å². The Morgan fingerprint density at radius 3 is 2.89 bits per heavy atom. The molecule has 1 aliphatic rings. The molecule has 1 fully saturated rings. The van der Waals surface area contributed by atoms with E-state index in [1.165, 1.54) is 0 Å². The van der Waals surface area contributed by atoms with Crippen molar-refractivity contribution in [1.29, 1.82) is 0 Å². The second-order valence-electron chi connectivity index (χ2n) is 4.43. The van der Waals surface area contributed by atoms with Crippen LogP contribution in [-0.2, 0) is 6.54 Å². The fraction of sp³-hybridized carbons (Fsp3) is 0.615. The van der Waals surface area contributed by atoms with E-state index in [-0.39, 0.29) is 0 Å². The van der Waals surface area contributed by atoms with Gasteiger partial charge < -0.3 is 10.2 Å². The summed E-state index contributed by atoms with van der Waals surface area (Å²) >= 11 is 8.33. The minimum Gasteiger partial charge on any atom is -0.354 e. The van der Waals surface area contributed by atoms with Gasteiger partial charge in [-0.1, -0.05) is 18.5 Å². The van der Waals surface area contributed by atoms with E-state index in [4.69, 9.17) is 11.6 Å². The van der Waals surface area contributed by atoms with Crippen molar-refractivity contribution >= 4 is 29.2 Å². The molecule has 1 N–H and O–H groups in total. The van der Waals surface area contributed by atoms with E-state index in [0.717, 1.165) is 60.5 Å². The monoisotopic (exact) mass is 285 g/mol. The predicted molar refractivity (Wildman–Crippen MR) is 80.8 cm³/mol. The van der Waals surface area contributed by atoms with Crippen LogP contribution in [-0.4, -0.2) is 36.1 Å². The van der Waals surface area contributed by atoms with Crippen LogP contribution >= 0.6 is 23.4 Å². The second kappa shape index (κ2) is 7.22. The molecule has 0 atom stereocenters. The number of rotatable bonds is 5. The first-order valence-electron chi connectivity index (χ1n) is 6.49. The molecule has 2 rings (SSSR count). The van der Waals surface area contributed by atoms with Gasteiger partial charge in [-0.15, -0.1) is 0 Å². The Bertz CT molecular complexity index is 380. The maximum absolute atomic E-state index is 6.34. The fourth-order valence-corrected chi connectivity index (χ4v) is 3.20. The number of pyridine rings is 1. The van der Waals surface area contributed by atoms with Gasteiger partial charge >= 0.3 is 0 Å². The summed E-state index contributed by atoms with van der Waals surface area (Å²) in [7, 11) is 0. The molecule has 2 heterocycles. The van der Waals surface area contributed by atoms with Crippen LogP contribution in [0, 0.1) is 0 Å². The summed E-state index contributed by atoms with van der Waals surface area (Å²) in [5.74, 6) is 3.27. The molecular weight excluding hydrogens is 266 g/mol. The lowest BCUT2D eigenvalue weighted by Gasteiger charge is -2.28. The normalized spacial score (nSPS) is 16.0. The third kappa shape index (κ3) is 3.77. The van der Waals surface area contributed by atoms with Crippen LogP contribution in [0.3, 0.4) is 0 Å². The minimum atomic E-state index is 0.776. The summed E-state index contributed by atoms with van der Waals surface area (Å²) in [5.41, 5.74) is 1.16. The molecule has 5 heteroatoms. The van der Waals surface area contributed by atoms with Gasteiger partial charge in [-0.3, -0.25) is 0 Å². The maximum atomic E-state index is 6.34. The van der Waals surface area contributed by atoms with Crippen molar-refractivity contribution in [1.82, 2.24) is 10.3 Å². The molecule has 0 aromatic carbocycles. The van der Waals surface area contributed by atoms with E-state index < -0.39 is 0 Å². The molecule has 0 saturated carbocycles. The van der Waals surface area contributed by atoms with Gasteiger partial charge in [0.25, 0.3) is 0 Å². The van der Waals surface area contributed by atoms with E-state index in [2.05, 4.69) is 22.1 Å². The van der Waals surface area contributed by atoms with Crippen LogP contribution in [0.15, 0.2) is 12.3 Å². The first-order valence-corrected chi connectivity index (χ1v) is 8.02. The van der Waals surface area contributed by atoms with Crippen molar-refractivity contribution in [3.8, 4) is 0 Å². The van der Waals surface area contributed by atoms with Crippen molar-refractivity contribution < 1.29 is 0 Å². The lowest BCUT2D eigenvalue weighted by atomic mass is 10.2. The standard InChI is InChI=1S/C13H20ClN3S/c1-2-3-15-9-11-8-12(14)13(16-10-11)17-4-6-18-7-5-17/h8,10,15H,2-7,9H2,1H3. The smallest absolute Gasteiger partial charge is 0.147 e. The van der Waals surface area contributed by atoms with E-state index in [9.17, 15) is 0 Å². The Labute approximate surface area is 118 Å². The average Bonchev–Trinajstić information content (AvgIpc) is 2.40. The third-order valence-electron chi connectivity index (χ3n) is 2.94. The number of anilines is 1. The third-order valence-corrected chi connectivity index (χ3v) is 4.17. The Morgan fingerprint density at radius 2 is 2.22 bits per heavy atom. The topological polar surface area (TPSA) is 28.2 Å². The molecule has 1 aliphatic heterocycles. The van der Waals surface area contributed by atoms with Crippen LogP contribution in [0.1, 0.15) is 18.9 Å². The lowest BCUT2D eigenvalue weighted by Crippen LogP contribution is -2.33. The minimum absolute atomic E-state index is 0.776. The van der Waals surface area contributed by atoms with Gasteiger partial charge in [-0.25, -0.2) is 4.98 Å². The summed E-state index contributed by atoms with van der Waals surface area (Å²) in [6, 6.07) is 2.04. The Balaban J connectivity index is 2.00. The number of nitrogens with one attached hydrogen (secondary N) is 1. The Kier molecular flexibility index (Phi) is 5.60. The highest BCUT2D eigenvalue weighted by molar-refractivity contribution is 7.99. The number of hydrogen-bond donors (Lipinski definition) is 1. The number of nitrogens with zero attached hydrogens (tertiary/aromatic N) is 2. The molecule has 0 unspecified atom stereocenters. The number of thioether (sulfide) groups is 1. The molecule has 3 nitrogen and oxygen atoms in total. The zero-order valence-corrected chi connectivity index (χ0v) is 12.4. The highest BCUT2D eigenvalue weighted by atomic mass is 35.5. The van der Waals surface area contributed by atoms with Crippen molar-refractivity contribution in [3.63, 3.8) is 0 Å². The van der Waals surface area contributed by atoms with Crippen molar-refractivity contribution in [3.05, 3.63) is 22.8 Å². The van der Waals surface area contributed by atoms with Crippen LogP contribution in [0.4, 0.5) is 5.82 Å². The van der Waals surface area contributed by atoms with Gasteiger partial charge in [0.2, 0.25) is 0 Å². The van der Waals surface area contributed by atoms with Gasteiger partial charge in [0, 0.05) is 37.3 Å². The van der Waals surface area contributed by atoms with Gasteiger partial charge in [0.1, 0.15) is 5.82 Å². The number of aromatic nitrogens is 1. The number of hydrogen-bond acceptors (Lipinski definition) is 4. The van der Waals surface area contributed by atoms with Crippen molar-refractivity contribution in [2.45, 2.75) is 19.9 Å². The summed E-state index contributed by atoms with van der Waals surface area (Å²) < 4.78 is 0. The molecule has 0 radical (unpaired) electrons. The van der Waals surface area contributed by atoms with Gasteiger partial charge in [0.05, 0.1) is 5.02 Å². The molecule has 1 aromatic heterocycles. The van der Waals surface area contributed by atoms with Crippen LogP contribution in [0.2, 0.25) is 5.02 Å². The van der Waals surface area contributed by atoms with Gasteiger partial charge in [-0.05, 0) is 24.6 Å². The SMILES string of the molecule is CCCNCc1cnc(N2CCSCC2)c(Cl)c1. The highest BCUT2D eigenvalue weighted by Gasteiger charge is 2.15. The highest BCUT2D eigenvalue weighted by Crippen LogP contribution is 2.26. The largest absolute Gasteiger partial charge is 0.354 e. The molecule has 0 aliphatic carbocycles. The zero-order valence-electron chi connectivity index (χ0n) is 10.8. The molecule has 100 valence electrons. The van der Waals surface area contributed by atoms with E-state index in [0.29, 0.717) is 0 Å². The molecule has 0 spiro atoms. The van der Waals surface area contributed by atoms with Gasteiger partial charge in [0.15, 0.2) is 0 Å². The Hall–Kier alpha value is -0.450. The predicted octanol–water partition coefficient (Wildman–Crippen LogP) is 2.79. The molecular formula is C13H20ClN3S. The molecule has 1 saturated heterocycles. The zero-order chi connectivity index (χ0) is 12.8. The van der Waals surface area contributed by atoms with E-state index in [1.54, 1.807) is 0 Å². The lowest BCUT2D eigenvalue weighted by molar-refractivity contribution is 0.673. The maximum Gasteiger partial charge on any atom is 0.147 e. The summed E-state index contributed by atoms with van der Waals surface area (Å²) in [4.78, 5) is 6.81. The van der Waals surface area contributed by atoms with Crippen LogP contribution < -0.4 is 10.2 Å². The van der Waals surface area contributed by atoms with Crippen molar-refractivity contribution in [2.75, 3.05) is 36.0 Å². The number of halogens is 1. The molecule has 18 heavy (non-hydrogen) atoms. The first-order chi connectivity index (χ1) is 8.81. The quantitative estimate of drug-likeness (QED) is 0.842. The fourth-order valence-electron chi connectivity index (χ4n) is 1.98. The molecule has 0 bridgehead atoms. The van der Waals surface area contributed by atoms with E-state index in [1.807, 2.05) is 24.0 Å². The molecule has 0 amide bonds. The van der Waals surface area contributed by atoms with E-state index >= 15 is 0 Å². The van der Waals surface area contributed by atoms with Crippen LogP contribution in [0.25, 0.3) is 0 Å². The second-order valence-corrected chi connectivity index (χ2v) is 6.06. The first kappa shape index (κ1) is 14.0. The molecule has 1 aromatic rings. The summed E-state index contributed by atoms with van der Waals surface area (Å²) in [6.07, 6.45) is 3.08. The Morgan fingerprint density at radius 1 is 1.44 bits per heavy atom.